The van der Waals surface area contributed by atoms with Crippen LogP contribution < -0.4 is 10.1 Å². The minimum atomic E-state index is -0.521. The number of H-pyrrole nitrogens is 1. The zero-order valence-corrected chi connectivity index (χ0v) is 22.3. The standard InChI is InChI=1S/C31H35N5O3/c1-22-11-12-25(39-18-8-16-31(38)14-6-3-7-15-31)21-26(22)24-13-17-32-27(20-24)34-30(37)29-33-28(35-36-29)19-23-9-4-2-5-10-23/h2,4-5,9-13,17,20-21,38H,3,6-8,14-16,18-19H2,1H3,(H,32,34,37)(H,33,35,36). The van der Waals surface area contributed by atoms with Crippen LogP contribution in [0.25, 0.3) is 11.1 Å². The van der Waals surface area contributed by atoms with Crippen LogP contribution in [0.1, 0.15) is 72.5 Å². The maximum absolute atomic E-state index is 12.8. The van der Waals surface area contributed by atoms with Crippen LogP contribution in [-0.2, 0) is 6.42 Å². The van der Waals surface area contributed by atoms with Gasteiger partial charge in [-0.25, -0.2) is 4.98 Å². The SMILES string of the molecule is Cc1ccc(OCCCC2(O)CCCCC2)cc1-c1ccnc(NC(=O)c2nnc(Cc3ccccc3)[nH]2)c1. The number of pyridine rings is 1. The molecule has 1 amide bonds. The van der Waals surface area contributed by atoms with Gasteiger partial charge in [-0.05, 0) is 79.1 Å². The number of nitrogens with one attached hydrogen (secondary N) is 2. The molecule has 2 aromatic heterocycles. The topological polar surface area (TPSA) is 113 Å². The lowest BCUT2D eigenvalue weighted by molar-refractivity contribution is -0.00794. The normalized spacial score (nSPS) is 14.6. The number of aromatic nitrogens is 4. The fraction of sp³-hybridized carbons (Fsp3) is 0.355. The molecule has 1 saturated carbocycles. The first-order valence-corrected chi connectivity index (χ1v) is 13.7. The van der Waals surface area contributed by atoms with Crippen molar-refractivity contribution in [2.75, 3.05) is 11.9 Å². The van der Waals surface area contributed by atoms with Crippen molar-refractivity contribution in [3.05, 3.63) is 89.6 Å². The zero-order chi connectivity index (χ0) is 27.1. The number of carbonyl (C=O) groups excluding carboxylic acids is 1. The Balaban J connectivity index is 1.20. The Labute approximate surface area is 228 Å². The van der Waals surface area contributed by atoms with Gasteiger partial charge in [0.15, 0.2) is 0 Å². The Morgan fingerprint density at radius 3 is 2.69 bits per heavy atom. The Kier molecular flexibility index (Phi) is 8.32. The molecule has 8 heteroatoms. The number of carbonyl (C=O) groups is 1. The quantitative estimate of drug-likeness (QED) is 0.223. The maximum Gasteiger partial charge on any atom is 0.294 e. The van der Waals surface area contributed by atoms with Crippen molar-refractivity contribution in [2.45, 2.75) is 63.9 Å². The minimum Gasteiger partial charge on any atom is -0.494 e. The van der Waals surface area contributed by atoms with E-state index >= 15 is 0 Å². The van der Waals surface area contributed by atoms with Crippen molar-refractivity contribution in [2.24, 2.45) is 0 Å². The molecule has 8 nitrogen and oxygen atoms in total. The number of anilines is 1. The molecule has 2 heterocycles. The Bertz CT molecular complexity index is 1400. The van der Waals surface area contributed by atoms with E-state index in [1.54, 1.807) is 6.20 Å². The number of nitrogens with zero attached hydrogens (tertiary/aromatic N) is 3. The van der Waals surface area contributed by atoms with Gasteiger partial charge in [0.2, 0.25) is 5.82 Å². The number of hydrogen-bond acceptors (Lipinski definition) is 6. The molecule has 0 unspecified atom stereocenters. The van der Waals surface area contributed by atoms with E-state index in [9.17, 15) is 9.90 Å². The van der Waals surface area contributed by atoms with Gasteiger partial charge in [-0.3, -0.25) is 4.79 Å². The van der Waals surface area contributed by atoms with Crippen LogP contribution >= 0.6 is 0 Å². The van der Waals surface area contributed by atoms with Gasteiger partial charge in [0.25, 0.3) is 5.91 Å². The smallest absolute Gasteiger partial charge is 0.294 e. The molecule has 4 aromatic rings. The Morgan fingerprint density at radius 1 is 1.05 bits per heavy atom. The number of benzene rings is 2. The lowest BCUT2D eigenvalue weighted by Gasteiger charge is -2.32. The zero-order valence-electron chi connectivity index (χ0n) is 22.3. The van der Waals surface area contributed by atoms with E-state index in [0.717, 1.165) is 66.5 Å². The second kappa shape index (κ2) is 12.2. The molecular formula is C31H35N5O3. The van der Waals surface area contributed by atoms with Crippen LogP contribution in [0.3, 0.4) is 0 Å². The molecule has 0 radical (unpaired) electrons. The largest absolute Gasteiger partial charge is 0.494 e. The second-order valence-electron chi connectivity index (χ2n) is 10.4. The third-order valence-corrected chi connectivity index (χ3v) is 7.32. The van der Waals surface area contributed by atoms with E-state index in [0.29, 0.717) is 24.7 Å². The summed E-state index contributed by atoms with van der Waals surface area (Å²) >= 11 is 0. The van der Waals surface area contributed by atoms with Crippen molar-refractivity contribution >= 4 is 11.7 Å². The number of amides is 1. The highest BCUT2D eigenvalue weighted by Gasteiger charge is 2.28. The summed E-state index contributed by atoms with van der Waals surface area (Å²) in [5.41, 5.74) is 3.57. The summed E-state index contributed by atoms with van der Waals surface area (Å²) in [6, 6.07) is 19.6. The fourth-order valence-electron chi connectivity index (χ4n) is 5.16. The van der Waals surface area contributed by atoms with Gasteiger partial charge in [0, 0.05) is 12.6 Å². The number of rotatable bonds is 10. The van der Waals surface area contributed by atoms with Crippen LogP contribution in [0.15, 0.2) is 66.9 Å². The monoisotopic (exact) mass is 525 g/mol. The average molecular weight is 526 g/mol. The highest BCUT2D eigenvalue weighted by Crippen LogP contribution is 2.32. The van der Waals surface area contributed by atoms with Gasteiger partial charge in [0.05, 0.1) is 12.2 Å². The van der Waals surface area contributed by atoms with Crippen molar-refractivity contribution < 1.29 is 14.6 Å². The molecule has 39 heavy (non-hydrogen) atoms. The lowest BCUT2D eigenvalue weighted by atomic mass is 9.82. The molecular weight excluding hydrogens is 490 g/mol. The van der Waals surface area contributed by atoms with E-state index < -0.39 is 11.5 Å². The van der Waals surface area contributed by atoms with Gasteiger partial charge >= 0.3 is 0 Å². The number of aliphatic hydroxyl groups is 1. The number of aryl methyl sites for hydroxylation is 1. The number of aromatic amines is 1. The number of hydrogen-bond donors (Lipinski definition) is 3. The highest BCUT2D eigenvalue weighted by atomic mass is 16.5. The molecule has 1 fully saturated rings. The molecule has 0 saturated heterocycles. The third kappa shape index (κ3) is 7.09. The molecule has 5 rings (SSSR count). The third-order valence-electron chi connectivity index (χ3n) is 7.32. The van der Waals surface area contributed by atoms with Crippen LogP contribution in [0.4, 0.5) is 5.82 Å². The molecule has 1 aliphatic rings. The summed E-state index contributed by atoms with van der Waals surface area (Å²) in [6.45, 7) is 2.60. The van der Waals surface area contributed by atoms with Crippen molar-refractivity contribution in [3.63, 3.8) is 0 Å². The predicted molar refractivity (Wildman–Crippen MR) is 151 cm³/mol. The van der Waals surface area contributed by atoms with Crippen LogP contribution in [0, 0.1) is 6.92 Å². The van der Waals surface area contributed by atoms with Gasteiger partial charge in [0.1, 0.15) is 17.4 Å². The van der Waals surface area contributed by atoms with Gasteiger partial charge in [-0.15, -0.1) is 10.2 Å². The Morgan fingerprint density at radius 2 is 1.87 bits per heavy atom. The van der Waals surface area contributed by atoms with Crippen molar-refractivity contribution in [1.82, 2.24) is 20.2 Å². The van der Waals surface area contributed by atoms with E-state index in [1.807, 2.05) is 67.6 Å². The summed E-state index contributed by atoms with van der Waals surface area (Å²) in [6.07, 6.45) is 9.07. The van der Waals surface area contributed by atoms with E-state index in [-0.39, 0.29) is 5.82 Å². The lowest BCUT2D eigenvalue weighted by Crippen LogP contribution is -2.31. The van der Waals surface area contributed by atoms with Gasteiger partial charge in [-0.2, -0.15) is 0 Å². The molecule has 202 valence electrons. The summed E-state index contributed by atoms with van der Waals surface area (Å²) < 4.78 is 6.04. The molecule has 2 aromatic carbocycles. The first-order chi connectivity index (χ1) is 19.0. The van der Waals surface area contributed by atoms with Gasteiger partial charge in [-0.1, -0.05) is 55.7 Å². The molecule has 0 bridgehead atoms. The summed E-state index contributed by atoms with van der Waals surface area (Å²) in [4.78, 5) is 20.1. The van der Waals surface area contributed by atoms with Gasteiger partial charge < -0.3 is 20.1 Å². The molecule has 0 aliphatic heterocycles. The summed E-state index contributed by atoms with van der Waals surface area (Å²) in [5.74, 6) is 1.55. The maximum atomic E-state index is 12.8. The van der Waals surface area contributed by atoms with E-state index in [2.05, 4.69) is 25.5 Å². The predicted octanol–water partition coefficient (Wildman–Crippen LogP) is 5.87. The average Bonchev–Trinajstić information content (AvgIpc) is 3.42. The van der Waals surface area contributed by atoms with E-state index in [4.69, 9.17) is 4.74 Å². The molecule has 0 spiro atoms. The fourth-order valence-corrected chi connectivity index (χ4v) is 5.16. The highest BCUT2D eigenvalue weighted by molar-refractivity contribution is 6.01. The Hall–Kier alpha value is -4.04. The van der Waals surface area contributed by atoms with E-state index in [1.165, 1.54) is 6.42 Å². The first kappa shape index (κ1) is 26.6. The number of ether oxygens (including phenoxy) is 1. The first-order valence-electron chi connectivity index (χ1n) is 13.7. The van der Waals surface area contributed by atoms with Crippen LogP contribution in [0.2, 0.25) is 0 Å². The second-order valence-corrected chi connectivity index (χ2v) is 10.4. The van der Waals surface area contributed by atoms with Crippen molar-refractivity contribution in [1.29, 1.82) is 0 Å². The molecule has 1 aliphatic carbocycles. The van der Waals surface area contributed by atoms with Crippen molar-refractivity contribution in [3.8, 4) is 16.9 Å². The van der Waals surface area contributed by atoms with Crippen LogP contribution in [0.5, 0.6) is 5.75 Å². The molecule has 3 N–H and O–H groups in total. The summed E-state index contributed by atoms with van der Waals surface area (Å²) in [5, 5.41) is 21.7. The minimum absolute atomic E-state index is 0.137. The van der Waals surface area contributed by atoms with Crippen LogP contribution in [-0.4, -0.2) is 43.4 Å². The summed E-state index contributed by atoms with van der Waals surface area (Å²) in [7, 11) is 0. The molecule has 0 atom stereocenters.